The fraction of sp³-hybridized carbons (Fsp3) is 0.231. The summed E-state index contributed by atoms with van der Waals surface area (Å²) in [6.07, 6.45) is -0.962. The van der Waals surface area contributed by atoms with Crippen LogP contribution in [0.25, 0.3) is 0 Å². The van der Waals surface area contributed by atoms with Gasteiger partial charge >= 0.3 is 5.97 Å². The number of nitriles is 1. The van der Waals surface area contributed by atoms with Gasteiger partial charge in [-0.3, -0.25) is 19.3 Å². The Balaban J connectivity index is 2.22. The Labute approximate surface area is 129 Å². The Kier molecular flexibility index (Phi) is 4.16. The molecule has 8 heteroatoms. The molecule has 1 atom stereocenters. The van der Waals surface area contributed by atoms with Crippen molar-refractivity contribution in [3.05, 3.63) is 33.3 Å². The van der Waals surface area contributed by atoms with E-state index < -0.39 is 30.4 Å². The molecule has 0 radical (unpaired) electrons. The number of amides is 2. The van der Waals surface area contributed by atoms with E-state index in [-0.39, 0.29) is 21.2 Å². The first-order valence-corrected chi connectivity index (χ1v) is 6.55. The first-order chi connectivity index (χ1) is 9.85. The SMILES string of the molecule is C[C@@H](C#N)OC(=O)CN1C(=O)c2cc(Cl)c(Cl)cc2C1=O. The third-order valence-electron chi connectivity index (χ3n) is 2.79. The number of rotatable bonds is 3. The molecule has 2 rings (SSSR count). The van der Waals surface area contributed by atoms with Gasteiger partial charge in [-0.25, -0.2) is 0 Å². The predicted octanol–water partition coefficient (Wildman–Crippen LogP) is 2.04. The Hall–Kier alpha value is -2.10. The van der Waals surface area contributed by atoms with E-state index in [0.717, 1.165) is 4.90 Å². The van der Waals surface area contributed by atoms with E-state index in [9.17, 15) is 14.4 Å². The van der Waals surface area contributed by atoms with Gasteiger partial charge in [0.1, 0.15) is 12.6 Å². The maximum atomic E-state index is 12.1. The van der Waals surface area contributed by atoms with Crippen molar-refractivity contribution in [2.45, 2.75) is 13.0 Å². The van der Waals surface area contributed by atoms with Crippen molar-refractivity contribution in [2.24, 2.45) is 0 Å². The van der Waals surface area contributed by atoms with Gasteiger partial charge in [0.05, 0.1) is 21.2 Å². The molecule has 0 aromatic heterocycles. The highest BCUT2D eigenvalue weighted by atomic mass is 35.5. The van der Waals surface area contributed by atoms with E-state index in [4.69, 9.17) is 33.2 Å². The van der Waals surface area contributed by atoms with Crippen molar-refractivity contribution >= 4 is 41.0 Å². The monoisotopic (exact) mass is 326 g/mol. The van der Waals surface area contributed by atoms with Crippen LogP contribution in [-0.4, -0.2) is 35.3 Å². The number of carbonyl (C=O) groups excluding carboxylic acids is 3. The summed E-state index contributed by atoms with van der Waals surface area (Å²) in [4.78, 5) is 36.5. The maximum absolute atomic E-state index is 12.1. The molecule has 0 fully saturated rings. The second kappa shape index (κ2) is 5.72. The normalized spacial score (nSPS) is 14.7. The van der Waals surface area contributed by atoms with Gasteiger partial charge in [0.25, 0.3) is 11.8 Å². The first kappa shape index (κ1) is 15.3. The second-order valence-corrected chi connectivity index (χ2v) is 5.08. The number of nitrogens with zero attached hydrogens (tertiary/aromatic N) is 2. The smallest absolute Gasteiger partial charge is 0.327 e. The molecule has 108 valence electrons. The molecule has 1 aliphatic heterocycles. The number of benzene rings is 1. The summed E-state index contributed by atoms with van der Waals surface area (Å²) < 4.78 is 4.71. The molecule has 0 saturated heterocycles. The summed E-state index contributed by atoms with van der Waals surface area (Å²) >= 11 is 11.6. The number of imide groups is 1. The Morgan fingerprint density at radius 3 is 2.19 bits per heavy atom. The Morgan fingerprint density at radius 1 is 1.29 bits per heavy atom. The minimum absolute atomic E-state index is 0.0792. The van der Waals surface area contributed by atoms with Crippen molar-refractivity contribution in [1.82, 2.24) is 4.90 Å². The van der Waals surface area contributed by atoms with Crippen LogP contribution in [0.15, 0.2) is 12.1 Å². The fourth-order valence-electron chi connectivity index (χ4n) is 1.82. The number of hydrogen-bond donors (Lipinski definition) is 0. The third kappa shape index (κ3) is 2.84. The summed E-state index contributed by atoms with van der Waals surface area (Å²) in [7, 11) is 0. The zero-order chi connectivity index (χ0) is 15.7. The van der Waals surface area contributed by atoms with E-state index in [1.54, 1.807) is 6.07 Å². The highest BCUT2D eigenvalue weighted by Crippen LogP contribution is 2.31. The lowest BCUT2D eigenvalue weighted by atomic mass is 10.1. The second-order valence-electron chi connectivity index (χ2n) is 4.27. The van der Waals surface area contributed by atoms with Gasteiger partial charge in [-0.05, 0) is 19.1 Å². The summed E-state index contributed by atoms with van der Waals surface area (Å²) in [5, 5.41) is 8.82. The number of ether oxygens (including phenoxy) is 1. The van der Waals surface area contributed by atoms with Crippen molar-refractivity contribution < 1.29 is 19.1 Å². The van der Waals surface area contributed by atoms with Crippen LogP contribution >= 0.6 is 23.2 Å². The topological polar surface area (TPSA) is 87.5 Å². The molecule has 1 aliphatic rings. The quantitative estimate of drug-likeness (QED) is 0.626. The largest absolute Gasteiger partial charge is 0.446 e. The molecule has 21 heavy (non-hydrogen) atoms. The lowest BCUT2D eigenvalue weighted by Gasteiger charge is -2.13. The van der Waals surface area contributed by atoms with Gasteiger partial charge in [0, 0.05) is 0 Å². The van der Waals surface area contributed by atoms with Gasteiger partial charge in [0.2, 0.25) is 0 Å². The standard InChI is InChI=1S/C13H8Cl2N2O4/c1-6(4-16)21-11(18)5-17-12(19)7-2-9(14)10(15)3-8(7)13(17)20/h2-3,6H,5H2,1H3/t6-/m0/s1. The Bertz CT molecular complexity index is 655. The molecule has 2 amide bonds. The maximum Gasteiger partial charge on any atom is 0.327 e. The molecular weight excluding hydrogens is 319 g/mol. The molecule has 1 heterocycles. The number of esters is 1. The van der Waals surface area contributed by atoms with Crippen LogP contribution in [0.4, 0.5) is 0 Å². The molecule has 0 aliphatic carbocycles. The highest BCUT2D eigenvalue weighted by Gasteiger charge is 2.37. The molecule has 0 spiro atoms. The van der Waals surface area contributed by atoms with Crippen molar-refractivity contribution in [3.8, 4) is 6.07 Å². The van der Waals surface area contributed by atoms with Crippen LogP contribution in [0.1, 0.15) is 27.6 Å². The van der Waals surface area contributed by atoms with E-state index in [0.29, 0.717) is 0 Å². The van der Waals surface area contributed by atoms with E-state index >= 15 is 0 Å². The average Bonchev–Trinajstić information content (AvgIpc) is 2.65. The van der Waals surface area contributed by atoms with Gasteiger partial charge in [-0.2, -0.15) is 5.26 Å². The van der Waals surface area contributed by atoms with E-state index in [1.807, 2.05) is 0 Å². The van der Waals surface area contributed by atoms with Crippen molar-refractivity contribution in [2.75, 3.05) is 6.54 Å². The molecule has 0 saturated carbocycles. The molecule has 1 aromatic rings. The number of halogens is 2. The lowest BCUT2D eigenvalue weighted by Crippen LogP contribution is -2.36. The third-order valence-corrected chi connectivity index (χ3v) is 3.51. The van der Waals surface area contributed by atoms with Crippen molar-refractivity contribution in [1.29, 1.82) is 5.26 Å². The average molecular weight is 327 g/mol. The number of hydrogen-bond acceptors (Lipinski definition) is 5. The van der Waals surface area contributed by atoms with Crippen LogP contribution < -0.4 is 0 Å². The van der Waals surface area contributed by atoms with Crippen LogP contribution in [0.2, 0.25) is 10.0 Å². The predicted molar refractivity (Wildman–Crippen MR) is 73.0 cm³/mol. The summed E-state index contributed by atoms with van der Waals surface area (Å²) in [6.45, 7) is 0.799. The van der Waals surface area contributed by atoms with Crippen LogP contribution in [0.3, 0.4) is 0 Å². The molecule has 6 nitrogen and oxygen atoms in total. The van der Waals surface area contributed by atoms with Gasteiger partial charge < -0.3 is 4.74 Å². The van der Waals surface area contributed by atoms with Crippen LogP contribution in [0, 0.1) is 11.3 Å². The van der Waals surface area contributed by atoms with E-state index in [1.165, 1.54) is 19.1 Å². The minimum Gasteiger partial charge on any atom is -0.446 e. The minimum atomic E-state index is -0.962. The molecule has 0 bridgehead atoms. The molecule has 1 aromatic carbocycles. The van der Waals surface area contributed by atoms with E-state index in [2.05, 4.69) is 0 Å². The zero-order valence-electron chi connectivity index (χ0n) is 10.7. The summed E-state index contributed by atoms with van der Waals surface area (Å²) in [5.74, 6) is -2.17. The molecule has 0 unspecified atom stereocenters. The number of carbonyl (C=O) groups is 3. The summed E-state index contributed by atoms with van der Waals surface area (Å²) in [5.41, 5.74) is 0.158. The van der Waals surface area contributed by atoms with Gasteiger partial charge in [0.15, 0.2) is 6.10 Å². The zero-order valence-corrected chi connectivity index (χ0v) is 12.2. The van der Waals surface area contributed by atoms with Crippen LogP contribution in [0.5, 0.6) is 0 Å². The summed E-state index contributed by atoms with van der Waals surface area (Å²) in [6, 6.07) is 4.27. The first-order valence-electron chi connectivity index (χ1n) is 5.79. The fourth-order valence-corrected chi connectivity index (χ4v) is 2.14. The van der Waals surface area contributed by atoms with Crippen molar-refractivity contribution in [3.63, 3.8) is 0 Å². The van der Waals surface area contributed by atoms with Gasteiger partial charge in [-0.15, -0.1) is 0 Å². The Morgan fingerprint density at radius 2 is 1.76 bits per heavy atom. The van der Waals surface area contributed by atoms with Crippen LogP contribution in [-0.2, 0) is 9.53 Å². The van der Waals surface area contributed by atoms with Gasteiger partial charge in [-0.1, -0.05) is 23.2 Å². The highest BCUT2D eigenvalue weighted by molar-refractivity contribution is 6.43. The molecular formula is C13H8Cl2N2O4. The molecule has 0 N–H and O–H groups in total. The number of fused-ring (bicyclic) bond motifs is 1. The lowest BCUT2D eigenvalue weighted by molar-refractivity contribution is -0.146.